The topological polar surface area (TPSA) is 41.3 Å². The lowest BCUT2D eigenvalue weighted by Gasteiger charge is -2.20. The maximum absolute atomic E-state index is 13.4. The van der Waals surface area contributed by atoms with Gasteiger partial charge in [-0.2, -0.15) is 0 Å². The standard InChI is InChI=1S/C16H22FN3O/c1-4-7-18-9-13-8-14(17)10-19-16(13)20(3)11-15-6-5-12(2)21-15/h5-6,8,10,18H,4,7,9,11H2,1-3H3. The van der Waals surface area contributed by atoms with Gasteiger partial charge in [-0.1, -0.05) is 6.92 Å². The average Bonchev–Trinajstić information content (AvgIpc) is 2.84. The second kappa shape index (κ2) is 7.22. The van der Waals surface area contributed by atoms with Gasteiger partial charge in [0, 0.05) is 19.2 Å². The van der Waals surface area contributed by atoms with Crippen molar-refractivity contribution in [3.63, 3.8) is 0 Å². The van der Waals surface area contributed by atoms with Crippen molar-refractivity contribution in [2.75, 3.05) is 18.5 Å². The molecule has 0 aliphatic heterocycles. The van der Waals surface area contributed by atoms with E-state index in [1.165, 1.54) is 12.3 Å². The molecule has 0 bridgehead atoms. The third-order valence-corrected chi connectivity index (χ3v) is 3.20. The van der Waals surface area contributed by atoms with E-state index in [1.54, 1.807) is 0 Å². The van der Waals surface area contributed by atoms with Gasteiger partial charge in [0.25, 0.3) is 0 Å². The van der Waals surface area contributed by atoms with Crippen molar-refractivity contribution < 1.29 is 8.81 Å². The molecular formula is C16H22FN3O. The van der Waals surface area contributed by atoms with Crippen LogP contribution in [0.15, 0.2) is 28.8 Å². The molecule has 0 saturated heterocycles. The molecule has 0 fully saturated rings. The molecule has 0 atom stereocenters. The molecule has 0 spiro atoms. The molecule has 5 heteroatoms. The minimum Gasteiger partial charge on any atom is -0.464 e. The number of anilines is 1. The molecule has 2 heterocycles. The van der Waals surface area contributed by atoms with Crippen molar-refractivity contribution in [2.45, 2.75) is 33.4 Å². The Hall–Kier alpha value is -1.88. The number of furan rings is 1. The Morgan fingerprint density at radius 1 is 1.38 bits per heavy atom. The van der Waals surface area contributed by atoms with E-state index in [0.717, 1.165) is 35.9 Å². The first kappa shape index (κ1) is 15.5. The van der Waals surface area contributed by atoms with Crippen LogP contribution < -0.4 is 10.2 Å². The zero-order chi connectivity index (χ0) is 15.2. The molecule has 0 amide bonds. The van der Waals surface area contributed by atoms with Crippen molar-refractivity contribution in [3.8, 4) is 0 Å². The van der Waals surface area contributed by atoms with Gasteiger partial charge in [-0.05, 0) is 38.1 Å². The summed E-state index contributed by atoms with van der Waals surface area (Å²) in [6.07, 6.45) is 2.29. The fraction of sp³-hybridized carbons (Fsp3) is 0.438. The third-order valence-electron chi connectivity index (χ3n) is 3.20. The predicted octanol–water partition coefficient (Wildman–Crippen LogP) is 3.26. The van der Waals surface area contributed by atoms with Crippen molar-refractivity contribution in [1.29, 1.82) is 0 Å². The van der Waals surface area contributed by atoms with E-state index in [4.69, 9.17) is 4.42 Å². The summed E-state index contributed by atoms with van der Waals surface area (Å²) >= 11 is 0. The van der Waals surface area contributed by atoms with Crippen LogP contribution in [0.1, 0.15) is 30.4 Å². The minimum atomic E-state index is -0.311. The first-order chi connectivity index (χ1) is 10.1. The number of nitrogens with zero attached hydrogens (tertiary/aromatic N) is 2. The van der Waals surface area contributed by atoms with Crippen LogP contribution in [0.25, 0.3) is 0 Å². The Balaban J connectivity index is 2.12. The van der Waals surface area contributed by atoms with Gasteiger partial charge in [-0.15, -0.1) is 0 Å². The van der Waals surface area contributed by atoms with Crippen LogP contribution in [0, 0.1) is 12.7 Å². The van der Waals surface area contributed by atoms with Crippen LogP contribution in [0.2, 0.25) is 0 Å². The molecule has 0 aromatic carbocycles. The van der Waals surface area contributed by atoms with E-state index in [2.05, 4.69) is 17.2 Å². The van der Waals surface area contributed by atoms with Gasteiger partial charge in [0.05, 0.1) is 12.7 Å². The van der Waals surface area contributed by atoms with Gasteiger partial charge in [0.1, 0.15) is 23.2 Å². The van der Waals surface area contributed by atoms with Gasteiger partial charge >= 0.3 is 0 Å². The smallest absolute Gasteiger partial charge is 0.141 e. The van der Waals surface area contributed by atoms with E-state index < -0.39 is 0 Å². The fourth-order valence-electron chi connectivity index (χ4n) is 2.23. The van der Waals surface area contributed by atoms with E-state index in [0.29, 0.717) is 13.1 Å². The highest BCUT2D eigenvalue weighted by Gasteiger charge is 2.12. The summed E-state index contributed by atoms with van der Waals surface area (Å²) in [6.45, 7) is 6.13. The molecule has 0 aliphatic carbocycles. The molecule has 0 saturated carbocycles. The van der Waals surface area contributed by atoms with E-state index >= 15 is 0 Å². The number of hydrogen-bond acceptors (Lipinski definition) is 4. The van der Waals surface area contributed by atoms with Crippen LogP contribution in [-0.4, -0.2) is 18.6 Å². The zero-order valence-electron chi connectivity index (χ0n) is 12.8. The quantitative estimate of drug-likeness (QED) is 0.795. The maximum atomic E-state index is 13.4. The summed E-state index contributed by atoms with van der Waals surface area (Å²) in [5, 5.41) is 3.29. The molecule has 0 unspecified atom stereocenters. The van der Waals surface area contributed by atoms with Crippen LogP contribution in [0.4, 0.5) is 10.2 Å². The first-order valence-corrected chi connectivity index (χ1v) is 7.21. The lowest BCUT2D eigenvalue weighted by Crippen LogP contribution is -2.22. The van der Waals surface area contributed by atoms with Crippen molar-refractivity contribution in [1.82, 2.24) is 10.3 Å². The van der Waals surface area contributed by atoms with Gasteiger partial charge in [0.2, 0.25) is 0 Å². The van der Waals surface area contributed by atoms with Crippen molar-refractivity contribution >= 4 is 5.82 Å². The molecule has 1 N–H and O–H groups in total. The largest absolute Gasteiger partial charge is 0.464 e. The second-order valence-corrected chi connectivity index (χ2v) is 5.18. The third kappa shape index (κ3) is 4.29. The number of rotatable bonds is 7. The van der Waals surface area contributed by atoms with E-state index in [-0.39, 0.29) is 5.82 Å². The number of pyridine rings is 1. The van der Waals surface area contributed by atoms with Gasteiger partial charge in [-0.3, -0.25) is 0 Å². The van der Waals surface area contributed by atoms with Crippen molar-refractivity contribution in [3.05, 3.63) is 47.3 Å². The Kier molecular flexibility index (Phi) is 5.33. The lowest BCUT2D eigenvalue weighted by molar-refractivity contribution is 0.481. The lowest BCUT2D eigenvalue weighted by atomic mass is 10.2. The molecule has 2 aromatic rings. The van der Waals surface area contributed by atoms with Crippen LogP contribution in [0.5, 0.6) is 0 Å². The summed E-state index contributed by atoms with van der Waals surface area (Å²) in [5.41, 5.74) is 0.856. The molecular weight excluding hydrogens is 269 g/mol. The zero-order valence-corrected chi connectivity index (χ0v) is 12.8. The summed E-state index contributed by atoms with van der Waals surface area (Å²) < 4.78 is 19.0. The number of halogens is 1. The van der Waals surface area contributed by atoms with E-state index in [9.17, 15) is 4.39 Å². The van der Waals surface area contributed by atoms with Gasteiger partial charge in [-0.25, -0.2) is 9.37 Å². The summed E-state index contributed by atoms with van der Waals surface area (Å²) in [7, 11) is 1.93. The van der Waals surface area contributed by atoms with Crippen LogP contribution >= 0.6 is 0 Å². The minimum absolute atomic E-state index is 0.311. The average molecular weight is 291 g/mol. The highest BCUT2D eigenvalue weighted by atomic mass is 19.1. The summed E-state index contributed by atoms with van der Waals surface area (Å²) in [4.78, 5) is 6.20. The molecule has 2 aromatic heterocycles. The normalized spacial score (nSPS) is 10.9. The molecule has 0 aliphatic rings. The number of hydrogen-bond donors (Lipinski definition) is 1. The number of aromatic nitrogens is 1. The number of aryl methyl sites for hydroxylation is 1. The Morgan fingerprint density at radius 3 is 2.86 bits per heavy atom. The fourth-order valence-corrected chi connectivity index (χ4v) is 2.23. The molecule has 2 rings (SSSR count). The van der Waals surface area contributed by atoms with E-state index in [1.807, 2.05) is 31.0 Å². The molecule has 114 valence electrons. The SMILES string of the molecule is CCCNCc1cc(F)cnc1N(C)Cc1ccc(C)o1. The Labute approximate surface area is 125 Å². The summed E-state index contributed by atoms with van der Waals surface area (Å²) in [6, 6.07) is 5.42. The van der Waals surface area contributed by atoms with Crippen molar-refractivity contribution in [2.24, 2.45) is 0 Å². The maximum Gasteiger partial charge on any atom is 0.141 e. The second-order valence-electron chi connectivity index (χ2n) is 5.18. The van der Waals surface area contributed by atoms with Crippen LogP contribution in [-0.2, 0) is 13.1 Å². The highest BCUT2D eigenvalue weighted by Crippen LogP contribution is 2.20. The molecule has 4 nitrogen and oxygen atoms in total. The van der Waals surface area contributed by atoms with Gasteiger partial charge in [0.15, 0.2) is 0 Å². The monoisotopic (exact) mass is 291 g/mol. The van der Waals surface area contributed by atoms with Crippen LogP contribution in [0.3, 0.4) is 0 Å². The Bertz CT molecular complexity index is 583. The summed E-state index contributed by atoms with van der Waals surface area (Å²) in [5.74, 6) is 2.22. The predicted molar refractivity (Wildman–Crippen MR) is 81.7 cm³/mol. The highest BCUT2D eigenvalue weighted by molar-refractivity contribution is 5.46. The molecule has 0 radical (unpaired) electrons. The Morgan fingerprint density at radius 2 is 2.19 bits per heavy atom. The number of nitrogens with one attached hydrogen (secondary N) is 1. The van der Waals surface area contributed by atoms with Gasteiger partial charge < -0.3 is 14.6 Å². The first-order valence-electron chi connectivity index (χ1n) is 7.21. The molecule has 21 heavy (non-hydrogen) atoms.